The number of nitrogens with zero attached hydrogens (tertiary/aromatic N) is 2. The third kappa shape index (κ3) is 1.07. The third-order valence-corrected chi connectivity index (χ3v) is 0.964. The fourth-order valence-electron chi connectivity index (χ4n) is 0.530. The normalized spacial score (nSPS) is 9.30. The number of hydrogen-bond donors (Lipinski definition) is 1. The first kappa shape index (κ1) is 6.60. The van der Waals surface area contributed by atoms with Crippen molar-refractivity contribution in [2.24, 2.45) is 0 Å². The molecule has 54 valence electrons. The first-order valence-corrected chi connectivity index (χ1v) is 2.62. The minimum atomic E-state index is -0.545. The second-order valence-corrected chi connectivity index (χ2v) is 1.69. The quantitative estimate of drug-likeness (QED) is 0.555. The molecule has 0 unspecified atom stereocenters. The van der Waals surface area contributed by atoms with Gasteiger partial charge in [0.2, 0.25) is 0 Å². The van der Waals surface area contributed by atoms with Crippen molar-refractivity contribution in [2.75, 3.05) is 12.8 Å². The number of anilines is 1. The van der Waals surface area contributed by atoms with E-state index in [1.54, 1.807) is 0 Å². The lowest BCUT2D eigenvalue weighted by atomic mass is 10.6. The number of nitrogen functional groups attached to an aromatic ring is 1. The highest BCUT2D eigenvalue weighted by Crippen LogP contribution is 1.97. The van der Waals surface area contributed by atoms with E-state index in [4.69, 9.17) is 5.73 Å². The molecule has 5 nitrogen and oxygen atoms in total. The minimum absolute atomic E-state index is 0.436. The van der Waals surface area contributed by atoms with Gasteiger partial charge >= 0.3 is 6.09 Å². The molecule has 0 radical (unpaired) electrons. The second kappa shape index (κ2) is 2.38. The molecule has 5 heteroatoms. The molecule has 1 aromatic rings. The van der Waals surface area contributed by atoms with Crippen LogP contribution in [0.25, 0.3) is 0 Å². The van der Waals surface area contributed by atoms with Crippen molar-refractivity contribution in [1.29, 1.82) is 0 Å². The summed E-state index contributed by atoms with van der Waals surface area (Å²) in [7, 11) is 1.28. The summed E-state index contributed by atoms with van der Waals surface area (Å²) >= 11 is 0. The summed E-state index contributed by atoms with van der Waals surface area (Å²) < 4.78 is 5.38. The summed E-state index contributed by atoms with van der Waals surface area (Å²) in [6.07, 6.45) is 2.21. The Labute approximate surface area is 57.4 Å². The highest BCUT2D eigenvalue weighted by molar-refractivity contribution is 5.69. The molecule has 0 aliphatic heterocycles. The van der Waals surface area contributed by atoms with Crippen LogP contribution in [0, 0.1) is 0 Å². The van der Waals surface area contributed by atoms with Crippen LogP contribution >= 0.6 is 0 Å². The largest absolute Gasteiger partial charge is 0.451 e. The molecule has 0 saturated heterocycles. The number of ether oxygens (including phenoxy) is 1. The number of rotatable bonds is 0. The molecule has 0 saturated carbocycles. The topological polar surface area (TPSA) is 70.1 Å². The molecular formula is C5H7N3O2. The Kier molecular flexibility index (Phi) is 1.57. The van der Waals surface area contributed by atoms with Gasteiger partial charge in [0.05, 0.1) is 25.2 Å². The van der Waals surface area contributed by atoms with Crippen LogP contribution in [-0.4, -0.2) is 23.0 Å². The van der Waals surface area contributed by atoms with E-state index in [0.29, 0.717) is 5.69 Å². The van der Waals surface area contributed by atoms with Crippen LogP contribution in [0.4, 0.5) is 10.5 Å². The first-order valence-electron chi connectivity index (χ1n) is 2.62. The van der Waals surface area contributed by atoms with Crippen molar-refractivity contribution >= 4 is 11.8 Å². The lowest BCUT2D eigenvalue weighted by molar-refractivity contribution is 0.169. The number of nitrogens with two attached hydrogens (primary N) is 1. The van der Waals surface area contributed by atoms with Gasteiger partial charge in [0.15, 0.2) is 0 Å². The van der Waals surface area contributed by atoms with Crippen molar-refractivity contribution in [2.45, 2.75) is 0 Å². The van der Waals surface area contributed by atoms with E-state index in [1.807, 2.05) is 0 Å². The zero-order valence-corrected chi connectivity index (χ0v) is 5.44. The fourth-order valence-corrected chi connectivity index (χ4v) is 0.530. The van der Waals surface area contributed by atoms with Gasteiger partial charge < -0.3 is 10.5 Å². The molecule has 0 aromatic carbocycles. The summed E-state index contributed by atoms with van der Waals surface area (Å²) in [5.74, 6) is 0. The molecule has 1 heterocycles. The average Bonchev–Trinajstić information content (AvgIpc) is 2.34. The second-order valence-electron chi connectivity index (χ2n) is 1.69. The molecule has 0 aliphatic rings. The Bertz CT molecular complexity index is 243. The van der Waals surface area contributed by atoms with Crippen LogP contribution in [-0.2, 0) is 4.74 Å². The highest BCUT2D eigenvalue weighted by Gasteiger charge is 2.02. The van der Waals surface area contributed by atoms with Gasteiger partial charge in [-0.2, -0.15) is 9.78 Å². The molecule has 0 bridgehead atoms. The number of carbonyl (C=O) groups excluding carboxylic acids is 1. The summed E-state index contributed by atoms with van der Waals surface area (Å²) in [6, 6.07) is 0. The number of carbonyl (C=O) groups is 1. The molecule has 0 amide bonds. The van der Waals surface area contributed by atoms with E-state index in [9.17, 15) is 4.79 Å². The van der Waals surface area contributed by atoms with Crippen molar-refractivity contribution in [3.63, 3.8) is 0 Å². The number of hydrogen-bond acceptors (Lipinski definition) is 4. The number of aromatic nitrogens is 2. The maximum Gasteiger partial charge on any atom is 0.434 e. The maximum absolute atomic E-state index is 10.6. The minimum Gasteiger partial charge on any atom is -0.451 e. The predicted molar refractivity (Wildman–Crippen MR) is 34.4 cm³/mol. The van der Waals surface area contributed by atoms with Crippen molar-refractivity contribution < 1.29 is 9.53 Å². The molecule has 2 N–H and O–H groups in total. The first-order chi connectivity index (χ1) is 4.74. The smallest absolute Gasteiger partial charge is 0.434 e. The van der Waals surface area contributed by atoms with E-state index < -0.39 is 6.09 Å². The Balaban J connectivity index is 2.85. The van der Waals surface area contributed by atoms with E-state index in [2.05, 4.69) is 9.84 Å². The third-order valence-electron chi connectivity index (χ3n) is 0.964. The number of methoxy groups -OCH3 is 1. The zero-order valence-electron chi connectivity index (χ0n) is 5.44. The van der Waals surface area contributed by atoms with Gasteiger partial charge in [-0.15, -0.1) is 0 Å². The lowest BCUT2D eigenvalue weighted by Crippen LogP contribution is -2.11. The average molecular weight is 141 g/mol. The summed E-state index contributed by atoms with van der Waals surface area (Å²) in [5, 5.41) is 3.60. The Morgan fingerprint density at radius 3 is 3.00 bits per heavy atom. The van der Waals surface area contributed by atoms with Crippen molar-refractivity contribution in [1.82, 2.24) is 9.78 Å². The Morgan fingerprint density at radius 1 is 1.90 bits per heavy atom. The van der Waals surface area contributed by atoms with Gasteiger partial charge in [0, 0.05) is 0 Å². The van der Waals surface area contributed by atoms with Gasteiger partial charge in [0.1, 0.15) is 0 Å². The molecule has 10 heavy (non-hydrogen) atoms. The Morgan fingerprint density at radius 2 is 2.60 bits per heavy atom. The molecule has 0 aliphatic carbocycles. The van der Waals surface area contributed by atoms with Crippen molar-refractivity contribution in [3.05, 3.63) is 12.4 Å². The molecule has 0 spiro atoms. The van der Waals surface area contributed by atoms with Crippen LogP contribution in [0.15, 0.2) is 12.4 Å². The molecule has 0 fully saturated rings. The van der Waals surface area contributed by atoms with Gasteiger partial charge in [-0.1, -0.05) is 0 Å². The highest BCUT2D eigenvalue weighted by atomic mass is 16.5. The van der Waals surface area contributed by atoms with Crippen LogP contribution in [0.5, 0.6) is 0 Å². The fraction of sp³-hybridized carbons (Fsp3) is 0.200. The maximum atomic E-state index is 10.6. The van der Waals surface area contributed by atoms with E-state index in [0.717, 1.165) is 4.68 Å². The van der Waals surface area contributed by atoms with E-state index in [-0.39, 0.29) is 0 Å². The van der Waals surface area contributed by atoms with Crippen LogP contribution in [0.1, 0.15) is 0 Å². The van der Waals surface area contributed by atoms with Gasteiger partial charge in [-0.3, -0.25) is 0 Å². The predicted octanol–water partition coefficient (Wildman–Crippen LogP) is 0.0798. The van der Waals surface area contributed by atoms with Crippen LogP contribution in [0.2, 0.25) is 0 Å². The van der Waals surface area contributed by atoms with Crippen LogP contribution < -0.4 is 5.73 Å². The van der Waals surface area contributed by atoms with Crippen molar-refractivity contribution in [3.8, 4) is 0 Å². The standard InChI is InChI=1S/C5H7N3O2/c1-10-5(9)8-3-4(6)2-7-8/h2-3H,6H2,1H3. The molecule has 1 aromatic heterocycles. The summed E-state index contributed by atoms with van der Waals surface area (Å²) in [4.78, 5) is 10.6. The van der Waals surface area contributed by atoms with Gasteiger partial charge in [-0.25, -0.2) is 4.79 Å². The van der Waals surface area contributed by atoms with Gasteiger partial charge in [-0.05, 0) is 0 Å². The molecule has 0 atom stereocenters. The molecular weight excluding hydrogens is 134 g/mol. The summed E-state index contributed by atoms with van der Waals surface area (Å²) in [5.41, 5.74) is 5.72. The van der Waals surface area contributed by atoms with E-state index in [1.165, 1.54) is 19.5 Å². The van der Waals surface area contributed by atoms with Crippen LogP contribution in [0.3, 0.4) is 0 Å². The molecule has 1 rings (SSSR count). The van der Waals surface area contributed by atoms with E-state index >= 15 is 0 Å². The zero-order chi connectivity index (χ0) is 7.56. The van der Waals surface area contributed by atoms with Gasteiger partial charge in [0.25, 0.3) is 0 Å². The Hall–Kier alpha value is -1.52. The summed E-state index contributed by atoms with van der Waals surface area (Å²) in [6.45, 7) is 0. The SMILES string of the molecule is COC(=O)n1cc(N)cn1. The monoisotopic (exact) mass is 141 g/mol. The lowest BCUT2D eigenvalue weighted by Gasteiger charge is -1.94.